The summed E-state index contributed by atoms with van der Waals surface area (Å²) in [6.45, 7) is 1.71. The normalized spacial score (nSPS) is 10.1. The SMILES string of the molecule is CCOc1c(F)cc(C(=O)Nc2ccc(C=O)cc2)cc1F. The predicted molar refractivity (Wildman–Crippen MR) is 77.3 cm³/mol. The van der Waals surface area contributed by atoms with Crippen molar-refractivity contribution < 1.29 is 23.1 Å². The number of benzene rings is 2. The van der Waals surface area contributed by atoms with E-state index < -0.39 is 23.3 Å². The van der Waals surface area contributed by atoms with Gasteiger partial charge in [0.1, 0.15) is 6.29 Å². The van der Waals surface area contributed by atoms with Crippen molar-refractivity contribution in [1.29, 1.82) is 0 Å². The smallest absolute Gasteiger partial charge is 0.255 e. The van der Waals surface area contributed by atoms with Crippen LogP contribution in [0.1, 0.15) is 27.6 Å². The van der Waals surface area contributed by atoms with Gasteiger partial charge in [-0.15, -0.1) is 0 Å². The average Bonchev–Trinajstić information content (AvgIpc) is 2.51. The summed E-state index contributed by atoms with van der Waals surface area (Å²) in [5.74, 6) is -3.05. The van der Waals surface area contributed by atoms with Crippen molar-refractivity contribution in [3.63, 3.8) is 0 Å². The first kappa shape index (κ1) is 15.6. The number of carbonyl (C=O) groups excluding carboxylic acids is 2. The summed E-state index contributed by atoms with van der Waals surface area (Å²) in [6, 6.07) is 7.88. The van der Waals surface area contributed by atoms with E-state index in [0.29, 0.717) is 17.5 Å². The predicted octanol–water partition coefficient (Wildman–Crippen LogP) is 3.43. The van der Waals surface area contributed by atoms with Gasteiger partial charge in [0, 0.05) is 16.8 Å². The van der Waals surface area contributed by atoms with Gasteiger partial charge in [-0.25, -0.2) is 8.78 Å². The molecule has 4 nitrogen and oxygen atoms in total. The van der Waals surface area contributed by atoms with E-state index in [1.165, 1.54) is 24.3 Å². The van der Waals surface area contributed by atoms with Crippen molar-refractivity contribution in [1.82, 2.24) is 0 Å². The molecule has 0 aliphatic heterocycles. The number of aldehydes is 1. The van der Waals surface area contributed by atoms with Gasteiger partial charge in [0.15, 0.2) is 17.4 Å². The molecule has 2 aromatic rings. The Hall–Kier alpha value is -2.76. The van der Waals surface area contributed by atoms with Gasteiger partial charge in [-0.1, -0.05) is 0 Å². The largest absolute Gasteiger partial charge is 0.488 e. The summed E-state index contributed by atoms with van der Waals surface area (Å²) in [5, 5.41) is 2.49. The summed E-state index contributed by atoms with van der Waals surface area (Å²) >= 11 is 0. The first-order valence-corrected chi connectivity index (χ1v) is 6.53. The maximum Gasteiger partial charge on any atom is 0.255 e. The minimum Gasteiger partial charge on any atom is -0.488 e. The molecule has 0 fully saturated rings. The van der Waals surface area contributed by atoms with Gasteiger partial charge in [0.25, 0.3) is 5.91 Å². The van der Waals surface area contributed by atoms with Crippen LogP contribution in [0.2, 0.25) is 0 Å². The lowest BCUT2D eigenvalue weighted by atomic mass is 10.1. The third kappa shape index (κ3) is 3.46. The minimum atomic E-state index is -0.941. The molecule has 6 heteroatoms. The van der Waals surface area contributed by atoms with Crippen molar-refractivity contribution in [2.45, 2.75) is 6.92 Å². The Morgan fingerprint density at radius 1 is 1.18 bits per heavy atom. The number of hydrogen-bond acceptors (Lipinski definition) is 3. The van der Waals surface area contributed by atoms with Crippen LogP contribution in [-0.2, 0) is 0 Å². The molecule has 0 unspecified atom stereocenters. The molecular formula is C16H13F2NO3. The van der Waals surface area contributed by atoms with E-state index in [1.807, 2.05) is 0 Å². The zero-order chi connectivity index (χ0) is 16.1. The molecule has 0 heterocycles. The number of nitrogens with one attached hydrogen (secondary N) is 1. The molecule has 114 valence electrons. The minimum absolute atomic E-state index is 0.114. The van der Waals surface area contributed by atoms with Gasteiger partial charge in [0.05, 0.1) is 6.61 Å². The van der Waals surface area contributed by atoms with Crippen molar-refractivity contribution >= 4 is 17.9 Å². The number of rotatable bonds is 5. The van der Waals surface area contributed by atoms with Crippen LogP contribution in [0.25, 0.3) is 0 Å². The highest BCUT2D eigenvalue weighted by Gasteiger charge is 2.16. The van der Waals surface area contributed by atoms with Crippen molar-refractivity contribution in [3.8, 4) is 5.75 Å². The second-order valence-electron chi connectivity index (χ2n) is 4.40. The van der Waals surface area contributed by atoms with E-state index >= 15 is 0 Å². The second kappa shape index (κ2) is 6.80. The number of anilines is 1. The Morgan fingerprint density at radius 3 is 2.27 bits per heavy atom. The lowest BCUT2D eigenvalue weighted by Gasteiger charge is -2.09. The van der Waals surface area contributed by atoms with Gasteiger partial charge >= 0.3 is 0 Å². The molecule has 2 rings (SSSR count). The van der Waals surface area contributed by atoms with E-state index in [9.17, 15) is 18.4 Å². The summed E-state index contributed by atoms with van der Waals surface area (Å²) < 4.78 is 32.3. The summed E-state index contributed by atoms with van der Waals surface area (Å²) in [4.78, 5) is 22.5. The molecule has 22 heavy (non-hydrogen) atoms. The molecule has 0 saturated carbocycles. The zero-order valence-corrected chi connectivity index (χ0v) is 11.7. The summed E-state index contributed by atoms with van der Waals surface area (Å²) in [6.07, 6.45) is 0.669. The van der Waals surface area contributed by atoms with Crippen molar-refractivity contribution in [3.05, 3.63) is 59.2 Å². The standard InChI is InChI=1S/C16H13F2NO3/c1-2-22-15-13(17)7-11(8-14(15)18)16(21)19-12-5-3-10(9-20)4-6-12/h3-9H,2H2,1H3,(H,19,21). The van der Waals surface area contributed by atoms with Crippen LogP contribution in [0.15, 0.2) is 36.4 Å². The molecule has 0 radical (unpaired) electrons. The first-order chi connectivity index (χ1) is 10.5. The average molecular weight is 305 g/mol. The Bertz CT molecular complexity index is 676. The number of hydrogen-bond donors (Lipinski definition) is 1. The van der Waals surface area contributed by atoms with E-state index in [2.05, 4.69) is 5.32 Å². The summed E-state index contributed by atoms with van der Waals surface area (Å²) in [5.41, 5.74) is 0.694. The molecule has 0 spiro atoms. The highest BCUT2D eigenvalue weighted by atomic mass is 19.1. The van der Waals surface area contributed by atoms with E-state index in [4.69, 9.17) is 4.74 Å². The topological polar surface area (TPSA) is 55.4 Å². The van der Waals surface area contributed by atoms with E-state index in [1.54, 1.807) is 6.92 Å². The zero-order valence-electron chi connectivity index (χ0n) is 11.7. The lowest BCUT2D eigenvalue weighted by molar-refractivity contribution is 0.102. The van der Waals surface area contributed by atoms with E-state index in [0.717, 1.165) is 12.1 Å². The van der Waals surface area contributed by atoms with Crippen molar-refractivity contribution in [2.24, 2.45) is 0 Å². The monoisotopic (exact) mass is 305 g/mol. The fourth-order valence-electron chi connectivity index (χ4n) is 1.82. The van der Waals surface area contributed by atoms with Crippen LogP contribution < -0.4 is 10.1 Å². The van der Waals surface area contributed by atoms with Crippen LogP contribution >= 0.6 is 0 Å². The maximum atomic E-state index is 13.7. The molecule has 0 atom stereocenters. The molecule has 0 aliphatic rings. The highest BCUT2D eigenvalue weighted by molar-refractivity contribution is 6.04. The van der Waals surface area contributed by atoms with Gasteiger partial charge in [0.2, 0.25) is 0 Å². The molecule has 0 aromatic heterocycles. The third-order valence-corrected chi connectivity index (χ3v) is 2.85. The first-order valence-electron chi connectivity index (χ1n) is 6.53. The molecule has 2 aromatic carbocycles. The van der Waals surface area contributed by atoms with Crippen molar-refractivity contribution in [2.75, 3.05) is 11.9 Å². The number of halogens is 2. The Labute approximate surface area is 125 Å². The van der Waals surface area contributed by atoms with Crippen LogP contribution in [-0.4, -0.2) is 18.8 Å². The van der Waals surface area contributed by atoms with Crippen LogP contribution in [0.4, 0.5) is 14.5 Å². The fraction of sp³-hybridized carbons (Fsp3) is 0.125. The Balaban J connectivity index is 2.20. The molecule has 0 aliphatic carbocycles. The van der Waals surface area contributed by atoms with Crippen LogP contribution in [0.5, 0.6) is 5.75 Å². The van der Waals surface area contributed by atoms with E-state index in [-0.39, 0.29) is 12.2 Å². The van der Waals surface area contributed by atoms with Crippen LogP contribution in [0, 0.1) is 11.6 Å². The van der Waals surface area contributed by atoms with Crippen LogP contribution in [0.3, 0.4) is 0 Å². The second-order valence-corrected chi connectivity index (χ2v) is 4.40. The molecular weight excluding hydrogens is 292 g/mol. The molecule has 0 saturated heterocycles. The number of ether oxygens (including phenoxy) is 1. The van der Waals surface area contributed by atoms with Gasteiger partial charge < -0.3 is 10.1 Å². The fourth-order valence-corrected chi connectivity index (χ4v) is 1.82. The number of amides is 1. The molecule has 1 N–H and O–H groups in total. The number of carbonyl (C=O) groups is 2. The third-order valence-electron chi connectivity index (χ3n) is 2.85. The highest BCUT2D eigenvalue weighted by Crippen LogP contribution is 2.24. The lowest BCUT2D eigenvalue weighted by Crippen LogP contribution is -2.13. The summed E-state index contributed by atoms with van der Waals surface area (Å²) in [7, 11) is 0. The maximum absolute atomic E-state index is 13.7. The molecule has 0 bridgehead atoms. The van der Waals surface area contributed by atoms with Gasteiger partial charge in [-0.3, -0.25) is 9.59 Å². The Kier molecular flexibility index (Phi) is 4.83. The Morgan fingerprint density at radius 2 is 1.77 bits per heavy atom. The van der Waals surface area contributed by atoms with Gasteiger partial charge in [-0.2, -0.15) is 0 Å². The quantitative estimate of drug-likeness (QED) is 0.861. The molecule has 1 amide bonds. The van der Waals surface area contributed by atoms with Gasteiger partial charge in [-0.05, 0) is 43.3 Å².